The molecule has 9 nitrogen and oxygen atoms in total. The number of phenolic OH excluding ortho intramolecular Hbond substituents is 1. The highest BCUT2D eigenvalue weighted by Gasteiger charge is 2.65. The van der Waals surface area contributed by atoms with Crippen molar-refractivity contribution in [2.24, 2.45) is 17.6 Å². The van der Waals surface area contributed by atoms with E-state index >= 15 is 0 Å². The summed E-state index contributed by atoms with van der Waals surface area (Å²) in [6.07, 6.45) is -0.306. The Morgan fingerprint density at radius 3 is 2.38 bits per heavy atom. The van der Waals surface area contributed by atoms with Crippen molar-refractivity contribution in [3.05, 3.63) is 45.7 Å². The summed E-state index contributed by atoms with van der Waals surface area (Å²) >= 11 is 0. The number of rotatable bonds is 5. The predicted octanol–water partition coefficient (Wildman–Crippen LogP) is 2.39. The number of nitrogens with two attached hydrogens (primary N) is 1. The maximum absolute atomic E-state index is 14.0. The summed E-state index contributed by atoms with van der Waals surface area (Å²) in [6, 6.07) is 2.57. The molecule has 3 aliphatic rings. The summed E-state index contributed by atoms with van der Waals surface area (Å²) in [5.74, 6) is -5.45. The van der Waals surface area contributed by atoms with Crippen molar-refractivity contribution >= 4 is 17.4 Å². The first-order chi connectivity index (χ1) is 17.1. The molecule has 0 radical (unpaired) electrons. The fraction of sp³-hybridized carbons (Fsp3) is 0.571. The fourth-order valence-electron chi connectivity index (χ4n) is 7.03. The van der Waals surface area contributed by atoms with Crippen molar-refractivity contribution in [2.75, 3.05) is 14.1 Å². The number of fused-ring (bicyclic) bond motifs is 3. The van der Waals surface area contributed by atoms with Crippen LogP contribution in [0.25, 0.3) is 5.76 Å². The zero-order valence-corrected chi connectivity index (χ0v) is 22.2. The highest BCUT2D eigenvalue weighted by Crippen LogP contribution is 2.57. The Morgan fingerprint density at radius 2 is 1.84 bits per heavy atom. The minimum Gasteiger partial charge on any atom is -0.510 e. The number of benzene rings is 1. The van der Waals surface area contributed by atoms with Gasteiger partial charge >= 0.3 is 0 Å². The molecule has 9 heteroatoms. The Balaban J connectivity index is 1.97. The quantitative estimate of drug-likeness (QED) is 0.349. The number of hydrogen-bond donors (Lipinski definition) is 6. The Kier molecular flexibility index (Phi) is 6.50. The van der Waals surface area contributed by atoms with E-state index in [1.165, 1.54) is 4.90 Å². The van der Waals surface area contributed by atoms with Gasteiger partial charge in [-0.25, -0.2) is 0 Å². The van der Waals surface area contributed by atoms with Crippen molar-refractivity contribution in [1.82, 2.24) is 4.90 Å². The predicted molar refractivity (Wildman–Crippen MR) is 138 cm³/mol. The van der Waals surface area contributed by atoms with Crippen LogP contribution in [0.4, 0.5) is 0 Å². The molecule has 202 valence electrons. The van der Waals surface area contributed by atoms with Gasteiger partial charge in [-0.2, -0.15) is 0 Å². The standard InChI is InChI=1S/C28H38N2O7/c1-7-10-27(3,4)15-9-8-13-12(2)16-18(23(33)17(13)22(15)32)25(35)28(37)11-14(26(29)36)21(31)20(30(5)6)19(28)24(16)34/h8-9,12,16,19-20,24,31-34,37H,7,10-11H2,1-6H3,(H2,29,36). The maximum atomic E-state index is 14.0. The molecule has 0 spiro atoms. The van der Waals surface area contributed by atoms with Crippen molar-refractivity contribution in [3.63, 3.8) is 0 Å². The molecular formula is C28H38N2O7. The molecular weight excluding hydrogens is 476 g/mol. The monoisotopic (exact) mass is 514 g/mol. The van der Waals surface area contributed by atoms with Crippen molar-refractivity contribution < 1.29 is 35.1 Å². The van der Waals surface area contributed by atoms with E-state index in [2.05, 4.69) is 0 Å². The van der Waals surface area contributed by atoms with E-state index in [1.807, 2.05) is 32.9 Å². The minimum atomic E-state index is -2.31. The second kappa shape index (κ2) is 8.85. The van der Waals surface area contributed by atoms with E-state index in [9.17, 15) is 35.1 Å². The summed E-state index contributed by atoms with van der Waals surface area (Å²) in [5, 5.41) is 57.2. The van der Waals surface area contributed by atoms with Crippen LogP contribution < -0.4 is 5.73 Å². The van der Waals surface area contributed by atoms with E-state index in [0.29, 0.717) is 11.1 Å². The molecule has 0 aromatic heterocycles. The summed E-state index contributed by atoms with van der Waals surface area (Å²) in [6.45, 7) is 7.83. The number of carbonyl (C=O) groups is 2. The lowest BCUT2D eigenvalue weighted by atomic mass is 9.54. The third kappa shape index (κ3) is 3.70. The van der Waals surface area contributed by atoms with Crippen LogP contribution in [0, 0.1) is 11.8 Å². The number of amides is 1. The second-order valence-electron chi connectivity index (χ2n) is 11.7. The molecule has 1 aromatic rings. The second-order valence-corrected chi connectivity index (χ2v) is 11.7. The molecule has 1 amide bonds. The fourth-order valence-corrected chi connectivity index (χ4v) is 7.03. The lowest BCUT2D eigenvalue weighted by Gasteiger charge is -2.54. The largest absolute Gasteiger partial charge is 0.510 e. The number of primary amides is 1. The summed E-state index contributed by atoms with van der Waals surface area (Å²) in [4.78, 5) is 27.7. The number of likely N-dealkylation sites (N-methyl/N-ethyl adjacent to an activating group) is 1. The van der Waals surface area contributed by atoms with Gasteiger partial charge in [0.15, 0.2) is 5.78 Å². The van der Waals surface area contributed by atoms with Crippen LogP contribution in [-0.4, -0.2) is 74.0 Å². The van der Waals surface area contributed by atoms with Crippen LogP contribution >= 0.6 is 0 Å². The van der Waals surface area contributed by atoms with Gasteiger partial charge in [-0.05, 0) is 37.4 Å². The first-order valence-corrected chi connectivity index (χ1v) is 12.7. The van der Waals surface area contributed by atoms with Gasteiger partial charge in [-0.3, -0.25) is 14.5 Å². The number of phenols is 1. The number of aliphatic hydroxyl groups excluding tert-OH is 3. The van der Waals surface area contributed by atoms with Gasteiger partial charge in [0.05, 0.1) is 23.3 Å². The summed E-state index contributed by atoms with van der Waals surface area (Å²) in [5.41, 5.74) is 3.60. The Bertz CT molecular complexity index is 1230. The third-order valence-electron chi connectivity index (χ3n) is 8.82. The maximum Gasteiger partial charge on any atom is 0.248 e. The van der Waals surface area contributed by atoms with E-state index < -0.39 is 64.8 Å². The van der Waals surface area contributed by atoms with Gasteiger partial charge in [0, 0.05) is 29.4 Å². The number of ketones is 1. The smallest absolute Gasteiger partial charge is 0.248 e. The van der Waals surface area contributed by atoms with Crippen molar-refractivity contribution in [2.45, 2.75) is 76.0 Å². The molecule has 0 heterocycles. The average molecular weight is 515 g/mol. The van der Waals surface area contributed by atoms with E-state index in [0.717, 1.165) is 12.8 Å². The Morgan fingerprint density at radius 1 is 1.22 bits per heavy atom. The van der Waals surface area contributed by atoms with Crippen LogP contribution in [0.5, 0.6) is 5.75 Å². The topological polar surface area (TPSA) is 165 Å². The van der Waals surface area contributed by atoms with Gasteiger partial charge in [0.25, 0.3) is 0 Å². The molecule has 4 rings (SSSR count). The van der Waals surface area contributed by atoms with Crippen molar-refractivity contribution in [1.29, 1.82) is 0 Å². The summed E-state index contributed by atoms with van der Waals surface area (Å²) in [7, 11) is 3.20. The lowest BCUT2D eigenvalue weighted by Crippen LogP contribution is -2.67. The van der Waals surface area contributed by atoms with E-state index in [-0.39, 0.29) is 28.2 Å². The third-order valence-corrected chi connectivity index (χ3v) is 8.82. The highest BCUT2D eigenvalue weighted by atomic mass is 16.3. The van der Waals surface area contributed by atoms with E-state index in [1.54, 1.807) is 21.0 Å². The van der Waals surface area contributed by atoms with Gasteiger partial charge in [0.1, 0.15) is 22.9 Å². The van der Waals surface area contributed by atoms with Gasteiger partial charge < -0.3 is 31.3 Å². The zero-order valence-electron chi connectivity index (χ0n) is 22.2. The van der Waals surface area contributed by atoms with Crippen LogP contribution in [0.2, 0.25) is 0 Å². The number of nitrogens with zero attached hydrogens (tertiary/aromatic N) is 1. The normalized spacial score (nSPS) is 31.8. The molecule has 6 unspecified atom stereocenters. The Hall–Kier alpha value is -2.88. The SMILES string of the molecule is CCCC(C)(C)c1ccc2c(c1O)C(O)=C1C(=O)C3(O)CC(C(N)=O)=C(O)C(N(C)C)C3C(O)C1C2C. The average Bonchev–Trinajstić information content (AvgIpc) is 2.79. The van der Waals surface area contributed by atoms with Crippen LogP contribution in [0.1, 0.15) is 69.6 Å². The summed E-state index contributed by atoms with van der Waals surface area (Å²) < 4.78 is 0. The minimum absolute atomic E-state index is 0.122. The molecule has 37 heavy (non-hydrogen) atoms. The molecule has 1 saturated carbocycles. The lowest BCUT2D eigenvalue weighted by molar-refractivity contribution is -0.168. The molecule has 3 aliphatic carbocycles. The molecule has 0 aliphatic heterocycles. The first kappa shape index (κ1) is 27.2. The van der Waals surface area contributed by atoms with Gasteiger partial charge in [0.2, 0.25) is 5.91 Å². The number of hydrogen-bond acceptors (Lipinski definition) is 8. The Labute approximate surface area is 216 Å². The molecule has 0 saturated heterocycles. The molecule has 0 bridgehead atoms. The van der Waals surface area contributed by atoms with E-state index in [4.69, 9.17) is 5.73 Å². The zero-order chi connectivity index (χ0) is 27.8. The molecule has 1 fully saturated rings. The van der Waals surface area contributed by atoms with Crippen LogP contribution in [-0.2, 0) is 15.0 Å². The molecule has 1 aromatic carbocycles. The number of aliphatic hydroxyl groups is 4. The number of Topliss-reactive ketones (excluding diaryl/α,β-unsaturated/α-hetero) is 1. The van der Waals surface area contributed by atoms with Gasteiger partial charge in [-0.1, -0.05) is 46.2 Å². The molecule has 6 atom stereocenters. The number of aromatic hydroxyl groups is 1. The number of carbonyl (C=O) groups excluding carboxylic acids is 2. The van der Waals surface area contributed by atoms with Crippen molar-refractivity contribution in [3.8, 4) is 5.75 Å². The first-order valence-electron chi connectivity index (χ1n) is 12.7. The molecule has 7 N–H and O–H groups in total. The highest BCUT2D eigenvalue weighted by molar-refractivity contribution is 6.11. The van der Waals surface area contributed by atoms with Crippen LogP contribution in [0.3, 0.4) is 0 Å². The van der Waals surface area contributed by atoms with Gasteiger partial charge in [-0.15, -0.1) is 0 Å². The van der Waals surface area contributed by atoms with Crippen LogP contribution in [0.15, 0.2) is 29.0 Å².